The molecule has 0 aliphatic heterocycles. The molecule has 0 unspecified atom stereocenters. The Morgan fingerprint density at radius 1 is 0.581 bits per heavy atom. The van der Waals surface area contributed by atoms with E-state index in [4.69, 9.17) is 0 Å². The summed E-state index contributed by atoms with van der Waals surface area (Å²) < 4.78 is 2.11. The number of para-hydroxylation sites is 2. The van der Waals surface area contributed by atoms with Gasteiger partial charge in [-0.15, -0.1) is 11.3 Å². The van der Waals surface area contributed by atoms with E-state index in [0.717, 1.165) is 31.3 Å². The molecule has 0 aliphatic carbocycles. The number of nitro groups is 2. The molecule has 0 fully saturated rings. The second kappa shape index (κ2) is 7.30. The van der Waals surface area contributed by atoms with Gasteiger partial charge in [0.2, 0.25) is 0 Å². The normalized spacial score (nSPS) is 11.1. The maximum absolute atomic E-state index is 11.5. The lowest BCUT2D eigenvalue weighted by Gasteiger charge is -2.05. The summed E-state index contributed by atoms with van der Waals surface area (Å²) in [5.41, 5.74) is 2.75. The van der Waals surface area contributed by atoms with Gasteiger partial charge in [-0.1, -0.05) is 36.4 Å². The lowest BCUT2D eigenvalue weighted by atomic mass is 9.99. The molecule has 4 aromatic carbocycles. The van der Waals surface area contributed by atoms with Crippen LogP contribution in [0.25, 0.3) is 42.4 Å². The van der Waals surface area contributed by atoms with Crippen LogP contribution in [0.4, 0.5) is 11.4 Å². The topological polar surface area (TPSA) is 86.3 Å². The van der Waals surface area contributed by atoms with Crippen molar-refractivity contribution in [3.63, 3.8) is 0 Å². The third-order valence-electron chi connectivity index (χ3n) is 5.29. The first-order valence-electron chi connectivity index (χ1n) is 9.47. The minimum atomic E-state index is -0.377. The molecule has 0 amide bonds. The van der Waals surface area contributed by atoms with Gasteiger partial charge in [-0.3, -0.25) is 20.2 Å². The van der Waals surface area contributed by atoms with Gasteiger partial charge in [-0.05, 0) is 47.5 Å². The van der Waals surface area contributed by atoms with Crippen LogP contribution in [0.1, 0.15) is 0 Å². The van der Waals surface area contributed by atoms with E-state index in [1.807, 2.05) is 36.4 Å². The zero-order valence-electron chi connectivity index (χ0n) is 16.0. The highest BCUT2D eigenvalue weighted by Gasteiger charge is 2.17. The molecule has 6 nitrogen and oxygen atoms in total. The number of rotatable bonds is 4. The Morgan fingerprint density at radius 3 is 1.42 bits per heavy atom. The van der Waals surface area contributed by atoms with Crippen molar-refractivity contribution in [3.05, 3.63) is 105 Å². The SMILES string of the molecule is O=[N+]([O-])c1ccccc1-c1ccc2sc3ccc(-c4ccccc4[N+](=O)[O-])cc3c2c1. The van der Waals surface area contributed by atoms with E-state index in [0.29, 0.717) is 11.1 Å². The van der Waals surface area contributed by atoms with E-state index >= 15 is 0 Å². The summed E-state index contributed by atoms with van der Waals surface area (Å²) in [6.45, 7) is 0. The molecule has 150 valence electrons. The van der Waals surface area contributed by atoms with Crippen LogP contribution in [0.3, 0.4) is 0 Å². The monoisotopic (exact) mass is 426 g/mol. The zero-order chi connectivity index (χ0) is 21.5. The third-order valence-corrected chi connectivity index (χ3v) is 6.44. The van der Waals surface area contributed by atoms with E-state index in [1.54, 1.807) is 47.7 Å². The molecule has 31 heavy (non-hydrogen) atoms. The molecule has 0 saturated carbocycles. The Morgan fingerprint density at radius 2 is 1.00 bits per heavy atom. The summed E-state index contributed by atoms with van der Waals surface area (Å²) >= 11 is 1.62. The van der Waals surface area contributed by atoms with Crippen LogP contribution in [0, 0.1) is 20.2 Å². The number of hydrogen-bond donors (Lipinski definition) is 0. The molecule has 0 bridgehead atoms. The molecule has 0 N–H and O–H groups in total. The van der Waals surface area contributed by atoms with Crippen LogP contribution < -0.4 is 0 Å². The number of nitrogens with zero attached hydrogens (tertiary/aromatic N) is 2. The van der Waals surface area contributed by atoms with E-state index < -0.39 is 0 Å². The predicted molar refractivity (Wildman–Crippen MR) is 124 cm³/mol. The predicted octanol–water partition coefficient (Wildman–Crippen LogP) is 7.20. The first-order chi connectivity index (χ1) is 15.0. The fraction of sp³-hybridized carbons (Fsp3) is 0. The van der Waals surface area contributed by atoms with Gasteiger partial charge in [0.15, 0.2) is 0 Å². The average Bonchev–Trinajstić information content (AvgIpc) is 3.16. The molecule has 5 rings (SSSR count). The van der Waals surface area contributed by atoms with Gasteiger partial charge in [0.1, 0.15) is 0 Å². The summed E-state index contributed by atoms with van der Waals surface area (Å²) in [7, 11) is 0. The molecule has 0 spiro atoms. The van der Waals surface area contributed by atoms with Crippen molar-refractivity contribution in [2.24, 2.45) is 0 Å². The first kappa shape index (κ1) is 18.9. The number of nitro benzene ring substituents is 2. The van der Waals surface area contributed by atoms with Crippen molar-refractivity contribution in [1.29, 1.82) is 0 Å². The highest BCUT2D eigenvalue weighted by atomic mass is 32.1. The Balaban J connectivity index is 1.73. The van der Waals surface area contributed by atoms with Crippen LogP contribution in [0.2, 0.25) is 0 Å². The third kappa shape index (κ3) is 3.21. The van der Waals surface area contributed by atoms with Gasteiger partial charge >= 0.3 is 0 Å². The summed E-state index contributed by atoms with van der Waals surface area (Å²) in [6, 6.07) is 25.0. The van der Waals surface area contributed by atoms with Crippen LogP contribution in [0.5, 0.6) is 0 Å². The number of fused-ring (bicyclic) bond motifs is 3. The molecule has 7 heteroatoms. The molecule has 1 heterocycles. The van der Waals surface area contributed by atoms with Crippen LogP contribution in [-0.2, 0) is 0 Å². The lowest BCUT2D eigenvalue weighted by molar-refractivity contribution is -0.384. The minimum Gasteiger partial charge on any atom is -0.258 e. The first-order valence-corrected chi connectivity index (χ1v) is 10.3. The van der Waals surface area contributed by atoms with E-state index in [-0.39, 0.29) is 21.2 Å². The Hall–Kier alpha value is -4.10. The van der Waals surface area contributed by atoms with E-state index in [1.165, 1.54) is 12.1 Å². The highest BCUT2D eigenvalue weighted by Crippen LogP contribution is 2.40. The maximum Gasteiger partial charge on any atom is 0.277 e. The second-order valence-electron chi connectivity index (χ2n) is 7.07. The largest absolute Gasteiger partial charge is 0.277 e. The van der Waals surface area contributed by atoms with Crippen LogP contribution >= 0.6 is 11.3 Å². The Kier molecular flexibility index (Phi) is 4.45. The molecule has 0 atom stereocenters. The molecular weight excluding hydrogens is 412 g/mol. The zero-order valence-corrected chi connectivity index (χ0v) is 16.8. The molecule has 0 saturated heterocycles. The Labute approximate surface area is 180 Å². The van der Waals surface area contributed by atoms with Crippen molar-refractivity contribution in [2.75, 3.05) is 0 Å². The van der Waals surface area contributed by atoms with Gasteiger partial charge in [0.25, 0.3) is 11.4 Å². The van der Waals surface area contributed by atoms with E-state index in [9.17, 15) is 20.2 Å². The Bertz CT molecular complexity index is 1390. The highest BCUT2D eigenvalue weighted by molar-refractivity contribution is 7.25. The molecule has 5 aromatic rings. The summed E-state index contributed by atoms with van der Waals surface area (Å²) in [5.74, 6) is 0. The van der Waals surface area contributed by atoms with Gasteiger partial charge in [-0.25, -0.2) is 0 Å². The maximum atomic E-state index is 11.5. The van der Waals surface area contributed by atoms with Gasteiger partial charge in [0, 0.05) is 32.3 Å². The van der Waals surface area contributed by atoms with Crippen LogP contribution in [0.15, 0.2) is 84.9 Å². The molecule has 0 aliphatic rings. The quantitative estimate of drug-likeness (QED) is 0.224. The summed E-state index contributed by atoms with van der Waals surface area (Å²) in [5, 5.41) is 24.9. The summed E-state index contributed by atoms with van der Waals surface area (Å²) in [4.78, 5) is 22.2. The smallest absolute Gasteiger partial charge is 0.258 e. The van der Waals surface area contributed by atoms with Crippen molar-refractivity contribution in [2.45, 2.75) is 0 Å². The molecule has 1 aromatic heterocycles. The van der Waals surface area contributed by atoms with Gasteiger partial charge in [0.05, 0.1) is 21.0 Å². The fourth-order valence-corrected chi connectivity index (χ4v) is 4.93. The molecule has 0 radical (unpaired) electrons. The lowest BCUT2D eigenvalue weighted by Crippen LogP contribution is -1.91. The van der Waals surface area contributed by atoms with Gasteiger partial charge in [-0.2, -0.15) is 0 Å². The standard InChI is InChI=1S/C24H14N2O4S/c27-25(28)21-7-3-1-5-17(21)15-9-11-23-19(13-15)20-14-16(10-12-24(20)31-23)18-6-2-4-8-22(18)26(29)30/h1-14H. The van der Waals surface area contributed by atoms with E-state index in [2.05, 4.69) is 0 Å². The fourth-order valence-electron chi connectivity index (χ4n) is 3.87. The van der Waals surface area contributed by atoms with Crippen LogP contribution in [-0.4, -0.2) is 9.85 Å². The summed E-state index contributed by atoms with van der Waals surface area (Å²) in [6.07, 6.45) is 0. The van der Waals surface area contributed by atoms with Crippen molar-refractivity contribution >= 4 is 42.9 Å². The minimum absolute atomic E-state index is 0.0574. The van der Waals surface area contributed by atoms with Crippen molar-refractivity contribution in [3.8, 4) is 22.3 Å². The van der Waals surface area contributed by atoms with Crippen molar-refractivity contribution < 1.29 is 9.85 Å². The van der Waals surface area contributed by atoms with Crippen molar-refractivity contribution in [1.82, 2.24) is 0 Å². The second-order valence-corrected chi connectivity index (χ2v) is 8.16. The average molecular weight is 426 g/mol. The van der Waals surface area contributed by atoms with Gasteiger partial charge < -0.3 is 0 Å². The molecular formula is C24H14N2O4S. The number of thiophene rings is 1. The number of hydrogen-bond acceptors (Lipinski definition) is 5. The number of benzene rings is 4.